The molecule has 5 heteroatoms. The van der Waals surface area contributed by atoms with Crippen LogP contribution >= 0.6 is 11.3 Å². The molecule has 1 rings (SSSR count). The van der Waals surface area contributed by atoms with Crippen LogP contribution < -0.4 is 5.32 Å². The van der Waals surface area contributed by atoms with Crippen LogP contribution in [0.4, 0.5) is 0 Å². The lowest BCUT2D eigenvalue weighted by atomic mass is 10.4. The van der Waals surface area contributed by atoms with Crippen LogP contribution in [0.2, 0.25) is 0 Å². The number of ether oxygens (including phenoxy) is 1. The van der Waals surface area contributed by atoms with E-state index >= 15 is 0 Å². The molecular formula is C8H12N2O2S. The van der Waals surface area contributed by atoms with E-state index < -0.39 is 0 Å². The Balaban J connectivity index is 2.58. The number of rotatable bonds is 4. The zero-order valence-corrected chi connectivity index (χ0v) is 8.48. The van der Waals surface area contributed by atoms with Crippen molar-refractivity contribution in [1.29, 1.82) is 0 Å². The molecule has 1 N–H and O–H groups in total. The van der Waals surface area contributed by atoms with Gasteiger partial charge >= 0.3 is 5.97 Å². The highest BCUT2D eigenvalue weighted by Gasteiger charge is 2.09. The summed E-state index contributed by atoms with van der Waals surface area (Å²) in [7, 11) is 3.25. The monoisotopic (exact) mass is 200 g/mol. The molecule has 0 amide bonds. The van der Waals surface area contributed by atoms with E-state index in [9.17, 15) is 4.79 Å². The molecule has 0 aliphatic rings. The molecule has 0 atom stereocenters. The number of nitrogens with zero attached hydrogens (tertiary/aromatic N) is 1. The number of hydrogen-bond acceptors (Lipinski definition) is 5. The van der Waals surface area contributed by atoms with Gasteiger partial charge in [-0.05, 0) is 7.05 Å². The summed E-state index contributed by atoms with van der Waals surface area (Å²) in [5.74, 6) is -0.312. The molecule has 0 aliphatic heterocycles. The van der Waals surface area contributed by atoms with Gasteiger partial charge in [0.15, 0.2) is 0 Å². The smallest absolute Gasteiger partial charge is 0.349 e. The second-order valence-electron chi connectivity index (χ2n) is 2.46. The molecule has 0 radical (unpaired) electrons. The number of carbonyl (C=O) groups excluding carboxylic acids is 1. The minimum Gasteiger partial charge on any atom is -0.465 e. The Hall–Kier alpha value is -0.940. The van der Waals surface area contributed by atoms with Gasteiger partial charge in [0.1, 0.15) is 4.88 Å². The number of methoxy groups -OCH3 is 1. The maximum absolute atomic E-state index is 11.0. The largest absolute Gasteiger partial charge is 0.465 e. The van der Waals surface area contributed by atoms with E-state index in [-0.39, 0.29) is 5.97 Å². The molecule has 4 nitrogen and oxygen atoms in total. The van der Waals surface area contributed by atoms with Gasteiger partial charge in [-0.3, -0.25) is 0 Å². The predicted molar refractivity (Wildman–Crippen MR) is 51.1 cm³/mol. The average Bonchev–Trinajstić information content (AvgIpc) is 2.62. The summed E-state index contributed by atoms with van der Waals surface area (Å²) in [4.78, 5) is 15.7. The molecule has 0 saturated heterocycles. The molecule has 0 fully saturated rings. The van der Waals surface area contributed by atoms with Crippen molar-refractivity contribution in [2.24, 2.45) is 0 Å². The number of likely N-dealkylation sites (N-methyl/N-ethyl adjacent to an activating group) is 1. The van der Waals surface area contributed by atoms with Crippen LogP contribution in [0.1, 0.15) is 14.7 Å². The Morgan fingerprint density at radius 2 is 2.54 bits per heavy atom. The van der Waals surface area contributed by atoms with Gasteiger partial charge in [-0.2, -0.15) is 0 Å². The standard InChI is InChI=1S/C8H12N2O2S/c1-9-4-3-7-10-5-6(13-7)8(11)12-2/h5,9H,3-4H2,1-2H3. The van der Waals surface area contributed by atoms with Crippen LogP contribution in [0, 0.1) is 0 Å². The SMILES string of the molecule is CNCCc1ncc(C(=O)OC)s1. The van der Waals surface area contributed by atoms with E-state index in [1.54, 1.807) is 6.20 Å². The molecule has 13 heavy (non-hydrogen) atoms. The third-order valence-electron chi connectivity index (χ3n) is 1.53. The van der Waals surface area contributed by atoms with Gasteiger partial charge in [0.2, 0.25) is 0 Å². The Morgan fingerprint density at radius 3 is 3.15 bits per heavy atom. The second-order valence-corrected chi connectivity index (χ2v) is 3.58. The number of carbonyl (C=O) groups is 1. The van der Waals surface area contributed by atoms with Crippen LogP contribution in [0.25, 0.3) is 0 Å². The molecule has 1 heterocycles. The van der Waals surface area contributed by atoms with Crippen LogP contribution in [-0.2, 0) is 11.2 Å². The van der Waals surface area contributed by atoms with E-state index in [1.807, 2.05) is 7.05 Å². The van der Waals surface area contributed by atoms with Gasteiger partial charge in [0, 0.05) is 13.0 Å². The van der Waals surface area contributed by atoms with E-state index in [4.69, 9.17) is 0 Å². The van der Waals surface area contributed by atoms with E-state index in [0.717, 1.165) is 18.0 Å². The zero-order valence-electron chi connectivity index (χ0n) is 7.66. The van der Waals surface area contributed by atoms with Gasteiger partial charge < -0.3 is 10.1 Å². The molecule has 0 bridgehead atoms. The van der Waals surface area contributed by atoms with E-state index in [1.165, 1.54) is 18.4 Å². The molecule has 0 spiro atoms. The Bertz CT molecular complexity index is 285. The number of hydrogen-bond donors (Lipinski definition) is 1. The lowest BCUT2D eigenvalue weighted by Gasteiger charge is -1.93. The van der Waals surface area contributed by atoms with Crippen LogP contribution in [0.15, 0.2) is 6.20 Å². The Kier molecular flexibility index (Phi) is 3.85. The maximum atomic E-state index is 11.0. The summed E-state index contributed by atoms with van der Waals surface area (Å²) in [6.07, 6.45) is 2.40. The van der Waals surface area contributed by atoms with Gasteiger partial charge in [-0.1, -0.05) is 0 Å². The Morgan fingerprint density at radius 1 is 1.77 bits per heavy atom. The third kappa shape index (κ3) is 2.78. The van der Waals surface area contributed by atoms with Crippen molar-refractivity contribution in [1.82, 2.24) is 10.3 Å². The summed E-state index contributed by atoms with van der Waals surface area (Å²) in [6, 6.07) is 0. The number of thiazole rings is 1. The van der Waals surface area contributed by atoms with Crippen molar-refractivity contribution >= 4 is 17.3 Å². The molecule has 0 aliphatic carbocycles. The van der Waals surface area contributed by atoms with Gasteiger partial charge in [0.25, 0.3) is 0 Å². The highest BCUT2D eigenvalue weighted by molar-refractivity contribution is 7.13. The van der Waals surface area contributed by atoms with Crippen LogP contribution in [-0.4, -0.2) is 31.7 Å². The lowest BCUT2D eigenvalue weighted by molar-refractivity contribution is 0.0606. The van der Waals surface area contributed by atoms with Crippen molar-refractivity contribution in [3.8, 4) is 0 Å². The van der Waals surface area contributed by atoms with Crippen molar-refractivity contribution in [2.75, 3.05) is 20.7 Å². The number of esters is 1. The van der Waals surface area contributed by atoms with E-state index in [0.29, 0.717) is 4.88 Å². The lowest BCUT2D eigenvalue weighted by Crippen LogP contribution is -2.09. The molecular weight excluding hydrogens is 188 g/mol. The summed E-state index contributed by atoms with van der Waals surface area (Å²) >= 11 is 1.38. The number of aromatic nitrogens is 1. The fourth-order valence-corrected chi connectivity index (χ4v) is 1.69. The molecule has 0 aromatic carbocycles. The molecule has 0 unspecified atom stereocenters. The average molecular weight is 200 g/mol. The number of nitrogens with one attached hydrogen (secondary N) is 1. The summed E-state index contributed by atoms with van der Waals surface area (Å²) in [6.45, 7) is 0.869. The molecule has 1 aromatic heterocycles. The summed E-state index contributed by atoms with van der Waals surface area (Å²) in [5.41, 5.74) is 0. The highest BCUT2D eigenvalue weighted by Crippen LogP contribution is 2.13. The molecule has 72 valence electrons. The third-order valence-corrected chi connectivity index (χ3v) is 2.57. The summed E-state index contributed by atoms with van der Waals surface area (Å²) < 4.78 is 4.57. The van der Waals surface area contributed by atoms with Crippen molar-refractivity contribution < 1.29 is 9.53 Å². The fraction of sp³-hybridized carbons (Fsp3) is 0.500. The van der Waals surface area contributed by atoms with Crippen molar-refractivity contribution in [3.63, 3.8) is 0 Å². The second kappa shape index (κ2) is 4.94. The zero-order chi connectivity index (χ0) is 9.68. The van der Waals surface area contributed by atoms with Crippen molar-refractivity contribution in [2.45, 2.75) is 6.42 Å². The topological polar surface area (TPSA) is 51.2 Å². The van der Waals surface area contributed by atoms with Gasteiger partial charge in [-0.25, -0.2) is 9.78 Å². The van der Waals surface area contributed by atoms with Gasteiger partial charge in [-0.15, -0.1) is 11.3 Å². The minimum absolute atomic E-state index is 0.312. The first-order chi connectivity index (χ1) is 6.27. The first kappa shape index (κ1) is 10.1. The Labute approximate surface area is 80.9 Å². The first-order valence-electron chi connectivity index (χ1n) is 3.95. The van der Waals surface area contributed by atoms with Crippen molar-refractivity contribution in [3.05, 3.63) is 16.1 Å². The summed E-state index contributed by atoms with van der Waals surface area (Å²) in [5, 5.41) is 3.97. The predicted octanol–water partition coefficient (Wildman–Crippen LogP) is 0.692. The normalized spacial score (nSPS) is 10.0. The van der Waals surface area contributed by atoms with E-state index in [2.05, 4.69) is 15.0 Å². The van der Waals surface area contributed by atoms with Gasteiger partial charge in [0.05, 0.1) is 18.3 Å². The molecule has 1 aromatic rings. The quantitative estimate of drug-likeness (QED) is 0.727. The highest BCUT2D eigenvalue weighted by atomic mass is 32.1. The molecule has 0 saturated carbocycles. The van der Waals surface area contributed by atoms with Crippen LogP contribution in [0.3, 0.4) is 0 Å². The minimum atomic E-state index is -0.312. The fourth-order valence-electron chi connectivity index (χ4n) is 0.853. The first-order valence-corrected chi connectivity index (χ1v) is 4.77. The maximum Gasteiger partial charge on any atom is 0.349 e. The van der Waals surface area contributed by atoms with Crippen LogP contribution in [0.5, 0.6) is 0 Å².